The molecule has 31 heavy (non-hydrogen) atoms. The van der Waals surface area contributed by atoms with Crippen LogP contribution in [-0.4, -0.2) is 47.7 Å². The van der Waals surface area contributed by atoms with Gasteiger partial charge in [-0.05, 0) is 50.1 Å². The van der Waals surface area contributed by atoms with Crippen molar-refractivity contribution < 1.29 is 5.11 Å². The second kappa shape index (κ2) is 8.11. The third-order valence-corrected chi connectivity index (χ3v) is 6.33. The van der Waals surface area contributed by atoms with Gasteiger partial charge in [-0.3, -0.25) is 4.68 Å². The summed E-state index contributed by atoms with van der Waals surface area (Å²) in [6.45, 7) is 0. The molecule has 3 heterocycles. The molecule has 5 rings (SSSR count). The molecule has 0 amide bonds. The number of rotatable bonds is 4. The van der Waals surface area contributed by atoms with Gasteiger partial charge in [0, 0.05) is 36.5 Å². The molecule has 160 valence electrons. The second-order valence-corrected chi connectivity index (χ2v) is 8.38. The van der Waals surface area contributed by atoms with Crippen LogP contribution in [0.2, 0.25) is 0 Å². The summed E-state index contributed by atoms with van der Waals surface area (Å²) in [5.74, 6) is 0.162. The number of aromatic hydroxyl groups is 1. The van der Waals surface area contributed by atoms with E-state index in [2.05, 4.69) is 30.2 Å². The van der Waals surface area contributed by atoms with Crippen LogP contribution >= 0.6 is 0 Å². The first-order valence-corrected chi connectivity index (χ1v) is 10.8. The van der Waals surface area contributed by atoms with E-state index in [0.29, 0.717) is 23.3 Å². The molecule has 0 bridgehead atoms. The van der Waals surface area contributed by atoms with E-state index in [9.17, 15) is 5.11 Å². The van der Waals surface area contributed by atoms with E-state index >= 15 is 0 Å². The van der Waals surface area contributed by atoms with Gasteiger partial charge in [0.1, 0.15) is 11.3 Å². The maximum Gasteiger partial charge on any atom is 0.182 e. The summed E-state index contributed by atoms with van der Waals surface area (Å²) in [4.78, 5) is 4.61. The lowest BCUT2D eigenvalue weighted by Gasteiger charge is -2.21. The van der Waals surface area contributed by atoms with Crippen LogP contribution < -0.4 is 5.32 Å². The minimum absolute atomic E-state index is 0.162. The molecule has 1 aliphatic rings. The van der Waals surface area contributed by atoms with Crippen molar-refractivity contribution in [2.75, 3.05) is 7.05 Å². The van der Waals surface area contributed by atoms with Crippen LogP contribution in [0.4, 0.5) is 0 Å². The van der Waals surface area contributed by atoms with E-state index in [1.807, 2.05) is 44.8 Å². The number of benzene rings is 1. The molecule has 0 spiro atoms. The molecular weight excluding hydrogens is 390 g/mol. The minimum Gasteiger partial charge on any atom is -0.507 e. The SMILES string of the molecule is CN[C@H]1CCCC[C@@H](n2cnc3cc(-c4ccc(-c5cnn(C)c5)cc4O)nnc32)C1. The maximum absolute atomic E-state index is 10.7. The summed E-state index contributed by atoms with van der Waals surface area (Å²) in [5.41, 5.74) is 4.71. The second-order valence-electron chi connectivity index (χ2n) is 8.38. The van der Waals surface area contributed by atoms with Gasteiger partial charge in [-0.25, -0.2) is 4.98 Å². The lowest BCUT2D eigenvalue weighted by atomic mass is 10.0. The van der Waals surface area contributed by atoms with E-state index in [1.54, 1.807) is 16.9 Å². The third-order valence-electron chi connectivity index (χ3n) is 6.33. The Morgan fingerprint density at radius 2 is 1.97 bits per heavy atom. The molecule has 0 aliphatic heterocycles. The Hall–Kier alpha value is -3.26. The number of nitrogens with one attached hydrogen (secondary N) is 1. The van der Waals surface area contributed by atoms with Crippen LogP contribution in [0.1, 0.15) is 38.1 Å². The Balaban J connectivity index is 1.46. The molecule has 2 atom stereocenters. The first-order chi connectivity index (χ1) is 15.1. The average Bonchev–Trinajstić information content (AvgIpc) is 3.32. The highest BCUT2D eigenvalue weighted by molar-refractivity contribution is 5.79. The van der Waals surface area contributed by atoms with Crippen molar-refractivity contribution in [2.24, 2.45) is 7.05 Å². The number of phenolic OH excluding ortho intramolecular Hbond substituents is 1. The lowest BCUT2D eigenvalue weighted by Crippen LogP contribution is -2.27. The van der Waals surface area contributed by atoms with Crippen molar-refractivity contribution in [1.82, 2.24) is 34.8 Å². The topological polar surface area (TPSA) is 93.7 Å². The molecular formula is C23H27N7O. The number of aryl methyl sites for hydroxylation is 1. The van der Waals surface area contributed by atoms with Crippen molar-refractivity contribution >= 4 is 11.2 Å². The molecule has 8 nitrogen and oxygen atoms in total. The fourth-order valence-corrected chi connectivity index (χ4v) is 4.58. The highest BCUT2D eigenvalue weighted by Gasteiger charge is 2.23. The Morgan fingerprint density at radius 1 is 1.10 bits per heavy atom. The molecule has 1 aliphatic carbocycles. The van der Waals surface area contributed by atoms with Crippen LogP contribution in [0.25, 0.3) is 33.5 Å². The van der Waals surface area contributed by atoms with Gasteiger partial charge in [0.2, 0.25) is 0 Å². The first kappa shape index (κ1) is 19.7. The summed E-state index contributed by atoms with van der Waals surface area (Å²) in [6.07, 6.45) is 11.5. The van der Waals surface area contributed by atoms with E-state index in [-0.39, 0.29) is 5.75 Å². The molecule has 1 aromatic carbocycles. The van der Waals surface area contributed by atoms with Gasteiger partial charge in [-0.1, -0.05) is 18.9 Å². The van der Waals surface area contributed by atoms with E-state index < -0.39 is 0 Å². The minimum atomic E-state index is 0.162. The molecule has 8 heteroatoms. The van der Waals surface area contributed by atoms with Crippen LogP contribution in [-0.2, 0) is 7.05 Å². The van der Waals surface area contributed by atoms with E-state index in [0.717, 1.165) is 35.1 Å². The highest BCUT2D eigenvalue weighted by atomic mass is 16.3. The quantitative estimate of drug-likeness (QED) is 0.492. The summed E-state index contributed by atoms with van der Waals surface area (Å²) in [7, 11) is 3.91. The van der Waals surface area contributed by atoms with Crippen LogP contribution in [0, 0.1) is 0 Å². The molecule has 0 unspecified atom stereocenters. The number of hydrogen-bond donors (Lipinski definition) is 2. The zero-order valence-electron chi connectivity index (χ0n) is 17.9. The molecule has 0 radical (unpaired) electrons. The molecule has 0 saturated heterocycles. The van der Waals surface area contributed by atoms with E-state index in [4.69, 9.17) is 0 Å². The Kier molecular flexibility index (Phi) is 5.15. The van der Waals surface area contributed by atoms with Gasteiger partial charge in [-0.2, -0.15) is 5.10 Å². The van der Waals surface area contributed by atoms with Crippen LogP contribution in [0.5, 0.6) is 5.75 Å². The van der Waals surface area contributed by atoms with Crippen molar-refractivity contribution in [1.29, 1.82) is 0 Å². The molecule has 1 fully saturated rings. The zero-order valence-corrected chi connectivity index (χ0v) is 17.9. The third kappa shape index (κ3) is 3.79. The number of nitrogens with zero attached hydrogens (tertiary/aromatic N) is 6. The summed E-state index contributed by atoms with van der Waals surface area (Å²) in [6, 6.07) is 8.36. The maximum atomic E-state index is 10.7. The Labute approximate surface area is 181 Å². The number of imidazole rings is 1. The monoisotopic (exact) mass is 417 g/mol. The molecule has 2 N–H and O–H groups in total. The number of hydrogen-bond acceptors (Lipinski definition) is 6. The number of phenols is 1. The summed E-state index contributed by atoms with van der Waals surface area (Å²) < 4.78 is 3.91. The van der Waals surface area contributed by atoms with Crippen molar-refractivity contribution in [3.8, 4) is 28.1 Å². The summed E-state index contributed by atoms with van der Waals surface area (Å²) in [5, 5.41) is 27.2. The first-order valence-electron chi connectivity index (χ1n) is 10.8. The Morgan fingerprint density at radius 3 is 2.74 bits per heavy atom. The van der Waals surface area contributed by atoms with Crippen molar-refractivity contribution in [2.45, 2.75) is 44.2 Å². The van der Waals surface area contributed by atoms with Crippen molar-refractivity contribution in [3.63, 3.8) is 0 Å². The normalized spacial score (nSPS) is 19.5. The van der Waals surface area contributed by atoms with Gasteiger partial charge in [0.15, 0.2) is 5.65 Å². The van der Waals surface area contributed by atoms with E-state index in [1.165, 1.54) is 19.3 Å². The molecule has 4 aromatic rings. The highest BCUT2D eigenvalue weighted by Crippen LogP contribution is 2.34. The fraction of sp³-hybridized carbons (Fsp3) is 0.391. The Bertz CT molecular complexity index is 1210. The standard InChI is InChI=1S/C23H27N7O/c1-24-17-5-3-4-6-18(10-17)30-14-25-21-11-20(27-28-23(21)30)19-8-7-15(9-22(19)31)16-12-26-29(2)13-16/h7-9,11-14,17-18,24,31H,3-6,10H2,1-2H3/t17-,18+/m0/s1. The van der Waals surface area contributed by atoms with Crippen molar-refractivity contribution in [3.05, 3.63) is 43.0 Å². The van der Waals surface area contributed by atoms with Crippen LogP contribution in [0.3, 0.4) is 0 Å². The summed E-state index contributed by atoms with van der Waals surface area (Å²) >= 11 is 0. The van der Waals surface area contributed by atoms with Gasteiger partial charge in [0.25, 0.3) is 0 Å². The van der Waals surface area contributed by atoms with Gasteiger partial charge >= 0.3 is 0 Å². The largest absolute Gasteiger partial charge is 0.507 e. The predicted octanol–water partition coefficient (Wildman–Crippen LogP) is 3.69. The number of aromatic nitrogens is 6. The fourth-order valence-electron chi connectivity index (χ4n) is 4.58. The predicted molar refractivity (Wildman–Crippen MR) is 120 cm³/mol. The van der Waals surface area contributed by atoms with Crippen LogP contribution in [0.15, 0.2) is 43.0 Å². The zero-order chi connectivity index (χ0) is 21.4. The molecule has 3 aromatic heterocycles. The molecule has 1 saturated carbocycles. The smallest absolute Gasteiger partial charge is 0.182 e. The number of fused-ring (bicyclic) bond motifs is 1. The average molecular weight is 418 g/mol. The van der Waals surface area contributed by atoms with Gasteiger partial charge in [0.05, 0.1) is 18.2 Å². The lowest BCUT2D eigenvalue weighted by molar-refractivity contribution is 0.399. The van der Waals surface area contributed by atoms with Gasteiger partial charge in [-0.15, -0.1) is 10.2 Å². The van der Waals surface area contributed by atoms with Gasteiger partial charge < -0.3 is 15.0 Å².